The SMILES string of the molecule is CCOC(=O)C1=C(C)N=c2s/c(=C\c3ccc(O)c(Br)c3)c(=O)n2[C@H]1c1ccc(OC(C)C)cc1. The van der Waals surface area contributed by atoms with E-state index in [0.717, 1.165) is 11.1 Å². The highest BCUT2D eigenvalue weighted by atomic mass is 79.9. The van der Waals surface area contributed by atoms with Crippen molar-refractivity contribution in [3.63, 3.8) is 0 Å². The first-order valence-electron chi connectivity index (χ1n) is 11.1. The van der Waals surface area contributed by atoms with Crippen molar-refractivity contribution in [2.24, 2.45) is 4.99 Å². The third-order valence-corrected chi connectivity index (χ3v) is 6.97. The number of fused-ring (bicyclic) bond motifs is 1. The van der Waals surface area contributed by atoms with Crippen LogP contribution < -0.4 is 19.6 Å². The maximum absolute atomic E-state index is 13.6. The van der Waals surface area contributed by atoms with Crippen LogP contribution >= 0.6 is 27.3 Å². The van der Waals surface area contributed by atoms with Gasteiger partial charge in [0.15, 0.2) is 4.80 Å². The summed E-state index contributed by atoms with van der Waals surface area (Å²) in [6, 6.07) is 11.7. The zero-order valence-corrected chi connectivity index (χ0v) is 22.1. The molecule has 0 saturated carbocycles. The number of halogens is 1. The maximum Gasteiger partial charge on any atom is 0.338 e. The molecule has 4 rings (SSSR count). The molecule has 0 aliphatic carbocycles. The summed E-state index contributed by atoms with van der Waals surface area (Å²) in [7, 11) is 0. The minimum atomic E-state index is -0.688. The molecule has 3 aromatic rings. The summed E-state index contributed by atoms with van der Waals surface area (Å²) in [6.45, 7) is 7.60. The number of ether oxygens (including phenoxy) is 2. The molecule has 1 aromatic heterocycles. The Labute approximate surface area is 214 Å². The molecular formula is C26H25BrN2O5S. The van der Waals surface area contributed by atoms with E-state index >= 15 is 0 Å². The van der Waals surface area contributed by atoms with Gasteiger partial charge in [-0.15, -0.1) is 0 Å². The Bertz CT molecular complexity index is 1490. The summed E-state index contributed by atoms with van der Waals surface area (Å²) in [5.74, 6) is 0.314. The molecule has 2 heterocycles. The van der Waals surface area contributed by atoms with Gasteiger partial charge < -0.3 is 14.6 Å². The van der Waals surface area contributed by atoms with Gasteiger partial charge in [-0.1, -0.05) is 29.5 Å². The summed E-state index contributed by atoms with van der Waals surface area (Å²) < 4.78 is 13.6. The molecule has 0 unspecified atom stereocenters. The molecule has 1 atom stereocenters. The van der Waals surface area contributed by atoms with Crippen molar-refractivity contribution in [1.29, 1.82) is 0 Å². The van der Waals surface area contributed by atoms with E-state index in [1.807, 2.05) is 38.1 Å². The normalized spacial score (nSPS) is 15.7. The first-order valence-corrected chi connectivity index (χ1v) is 12.7. The van der Waals surface area contributed by atoms with Gasteiger partial charge in [-0.25, -0.2) is 9.79 Å². The highest BCUT2D eigenvalue weighted by Gasteiger charge is 2.33. The van der Waals surface area contributed by atoms with Gasteiger partial charge in [-0.05, 0) is 85.1 Å². The van der Waals surface area contributed by atoms with Gasteiger partial charge in [0.25, 0.3) is 5.56 Å². The monoisotopic (exact) mass is 556 g/mol. The third kappa shape index (κ3) is 5.11. The number of carbonyl (C=O) groups is 1. The summed E-state index contributed by atoms with van der Waals surface area (Å²) in [6.07, 6.45) is 1.77. The van der Waals surface area contributed by atoms with Crippen LogP contribution in [-0.2, 0) is 9.53 Å². The van der Waals surface area contributed by atoms with Crippen LogP contribution in [0.5, 0.6) is 11.5 Å². The number of esters is 1. The standard InChI is InChI=1S/C26H25BrN2O5S/c1-5-33-25(32)22-15(4)28-26-29(23(22)17-7-9-18(10-8-17)34-14(2)3)24(31)21(35-26)13-16-6-11-20(30)19(27)12-16/h6-14,23,30H,5H2,1-4H3/b21-13-/t23-/m0/s1. The second-order valence-corrected chi connectivity index (χ2v) is 10.1. The fourth-order valence-electron chi connectivity index (χ4n) is 3.87. The molecule has 35 heavy (non-hydrogen) atoms. The average Bonchev–Trinajstić information content (AvgIpc) is 3.10. The van der Waals surface area contributed by atoms with E-state index in [0.29, 0.717) is 30.8 Å². The van der Waals surface area contributed by atoms with Crippen molar-refractivity contribution in [3.05, 3.63) is 89.0 Å². The zero-order chi connectivity index (χ0) is 25.3. The lowest BCUT2D eigenvalue weighted by Gasteiger charge is -2.25. The predicted molar refractivity (Wildman–Crippen MR) is 138 cm³/mol. The molecule has 0 saturated heterocycles. The number of phenolic OH excluding ortho intramolecular Hbond substituents is 1. The Kier molecular flexibility index (Phi) is 7.28. The minimum Gasteiger partial charge on any atom is -0.507 e. The van der Waals surface area contributed by atoms with Crippen molar-refractivity contribution in [2.45, 2.75) is 39.8 Å². The second kappa shape index (κ2) is 10.2. The number of benzene rings is 2. The van der Waals surface area contributed by atoms with Crippen LogP contribution in [0.3, 0.4) is 0 Å². The number of hydrogen-bond donors (Lipinski definition) is 1. The van der Waals surface area contributed by atoms with Crippen molar-refractivity contribution in [3.8, 4) is 11.5 Å². The molecule has 1 aliphatic rings. The summed E-state index contributed by atoms with van der Waals surface area (Å²) in [4.78, 5) is 31.7. The average molecular weight is 557 g/mol. The summed E-state index contributed by atoms with van der Waals surface area (Å²) in [5.41, 5.74) is 2.07. The molecule has 2 aromatic carbocycles. The Morgan fingerprint density at radius 2 is 1.97 bits per heavy atom. The van der Waals surface area contributed by atoms with Crippen LogP contribution in [-0.4, -0.2) is 28.4 Å². The number of phenols is 1. The number of hydrogen-bond acceptors (Lipinski definition) is 7. The topological polar surface area (TPSA) is 90.1 Å². The largest absolute Gasteiger partial charge is 0.507 e. The second-order valence-electron chi connectivity index (χ2n) is 8.25. The zero-order valence-electron chi connectivity index (χ0n) is 19.7. The first-order chi connectivity index (χ1) is 16.7. The number of thiazole rings is 1. The number of allylic oxidation sites excluding steroid dienone is 1. The Morgan fingerprint density at radius 1 is 1.26 bits per heavy atom. The summed E-state index contributed by atoms with van der Waals surface area (Å²) in [5, 5.41) is 9.78. The molecule has 0 spiro atoms. The predicted octanol–water partition coefficient (Wildman–Crippen LogP) is 4.05. The lowest BCUT2D eigenvalue weighted by molar-refractivity contribution is -0.139. The van der Waals surface area contributed by atoms with E-state index in [2.05, 4.69) is 20.9 Å². The van der Waals surface area contributed by atoms with E-state index in [9.17, 15) is 14.7 Å². The van der Waals surface area contributed by atoms with Crippen LogP contribution in [0, 0.1) is 0 Å². The van der Waals surface area contributed by atoms with Crippen LogP contribution in [0.2, 0.25) is 0 Å². The third-order valence-electron chi connectivity index (χ3n) is 5.35. The number of rotatable bonds is 6. The van der Waals surface area contributed by atoms with E-state index in [1.165, 1.54) is 11.3 Å². The molecule has 7 nitrogen and oxygen atoms in total. The van der Waals surface area contributed by atoms with Gasteiger partial charge in [0.2, 0.25) is 0 Å². The Morgan fingerprint density at radius 3 is 2.60 bits per heavy atom. The Balaban J connectivity index is 1.89. The Hall–Kier alpha value is -3.17. The molecule has 0 bridgehead atoms. The lowest BCUT2D eigenvalue weighted by atomic mass is 9.96. The quantitative estimate of drug-likeness (QED) is 0.462. The van der Waals surface area contributed by atoms with Gasteiger partial charge >= 0.3 is 5.97 Å². The summed E-state index contributed by atoms with van der Waals surface area (Å²) >= 11 is 4.55. The maximum atomic E-state index is 13.6. The van der Waals surface area contributed by atoms with Crippen molar-refractivity contribution in [1.82, 2.24) is 4.57 Å². The molecule has 9 heteroatoms. The van der Waals surface area contributed by atoms with Crippen LogP contribution in [0.4, 0.5) is 0 Å². The van der Waals surface area contributed by atoms with E-state index in [-0.39, 0.29) is 24.0 Å². The number of aromatic nitrogens is 1. The molecular weight excluding hydrogens is 532 g/mol. The molecule has 0 fully saturated rings. The van der Waals surface area contributed by atoms with Crippen molar-refractivity contribution < 1.29 is 19.4 Å². The van der Waals surface area contributed by atoms with Gasteiger partial charge in [0, 0.05) is 0 Å². The van der Waals surface area contributed by atoms with Crippen LogP contribution in [0.1, 0.15) is 44.9 Å². The van der Waals surface area contributed by atoms with Gasteiger partial charge in [-0.3, -0.25) is 9.36 Å². The highest BCUT2D eigenvalue weighted by molar-refractivity contribution is 9.10. The van der Waals surface area contributed by atoms with Crippen LogP contribution in [0.15, 0.2) is 68.0 Å². The smallest absolute Gasteiger partial charge is 0.338 e. The molecule has 0 radical (unpaired) electrons. The van der Waals surface area contributed by atoms with E-state index < -0.39 is 12.0 Å². The molecule has 1 N–H and O–H groups in total. The van der Waals surface area contributed by atoms with E-state index in [4.69, 9.17) is 9.47 Å². The van der Waals surface area contributed by atoms with Crippen molar-refractivity contribution >= 4 is 39.3 Å². The van der Waals surface area contributed by atoms with Gasteiger partial charge in [0.1, 0.15) is 11.5 Å². The van der Waals surface area contributed by atoms with Gasteiger partial charge in [0.05, 0.1) is 39.0 Å². The first kappa shape index (κ1) is 24.9. The molecule has 1 aliphatic heterocycles. The van der Waals surface area contributed by atoms with E-state index in [1.54, 1.807) is 42.7 Å². The van der Waals surface area contributed by atoms with Gasteiger partial charge in [-0.2, -0.15) is 0 Å². The number of nitrogens with zero attached hydrogens (tertiary/aromatic N) is 2. The minimum absolute atomic E-state index is 0.0238. The molecule has 182 valence electrons. The highest BCUT2D eigenvalue weighted by Crippen LogP contribution is 2.32. The fraction of sp³-hybridized carbons (Fsp3) is 0.269. The van der Waals surface area contributed by atoms with Crippen LogP contribution in [0.25, 0.3) is 6.08 Å². The lowest BCUT2D eigenvalue weighted by Crippen LogP contribution is -2.39. The fourth-order valence-corrected chi connectivity index (χ4v) is 5.32. The molecule has 0 amide bonds. The number of aromatic hydroxyl groups is 1. The number of carbonyl (C=O) groups excluding carboxylic acids is 1. The van der Waals surface area contributed by atoms with Crippen molar-refractivity contribution in [2.75, 3.05) is 6.61 Å².